The number of methoxy groups -OCH3 is 2. The molecule has 0 aliphatic carbocycles. The minimum Gasteiger partial charge on any atom is -0.494 e. The van der Waals surface area contributed by atoms with Crippen LogP contribution in [0.3, 0.4) is 0 Å². The Bertz CT molecular complexity index is 894. The predicted molar refractivity (Wildman–Crippen MR) is 90.8 cm³/mol. The number of rotatable bonds is 7. The van der Waals surface area contributed by atoms with Crippen LogP contribution in [0.1, 0.15) is 11.5 Å². The van der Waals surface area contributed by atoms with E-state index in [4.69, 9.17) is 9.05 Å². The van der Waals surface area contributed by atoms with E-state index in [1.54, 1.807) is 0 Å². The lowest BCUT2D eigenvalue weighted by atomic mass is 9.96. The fourth-order valence-electron chi connectivity index (χ4n) is 2.53. The van der Waals surface area contributed by atoms with Crippen LogP contribution in [0.5, 0.6) is 5.88 Å². The SMILES string of the molecule is COC(=O)C(c1c(O)n(C)c(=O)n(C)c1=O)C(C(=O)OC)P(=O)(OC)OC. The predicted octanol–water partition coefficient (Wildman–Crippen LogP) is -0.926. The summed E-state index contributed by atoms with van der Waals surface area (Å²) in [5.74, 6) is -5.27. The average Bonchev–Trinajstić information content (AvgIpc) is 2.68. The second-order valence-corrected chi connectivity index (χ2v) is 7.68. The molecule has 0 aliphatic heterocycles. The van der Waals surface area contributed by atoms with Gasteiger partial charge >= 0.3 is 25.2 Å². The number of hydrogen-bond donors (Lipinski definition) is 1. The van der Waals surface area contributed by atoms with Crippen molar-refractivity contribution in [3.8, 4) is 5.88 Å². The number of nitrogens with zero attached hydrogens (tertiary/aromatic N) is 2. The van der Waals surface area contributed by atoms with Crippen LogP contribution in [0.25, 0.3) is 0 Å². The Morgan fingerprint density at radius 3 is 1.85 bits per heavy atom. The van der Waals surface area contributed by atoms with Gasteiger partial charge in [0.25, 0.3) is 5.56 Å². The summed E-state index contributed by atoms with van der Waals surface area (Å²) in [6.07, 6.45) is 0. The van der Waals surface area contributed by atoms with Crippen LogP contribution >= 0.6 is 7.60 Å². The summed E-state index contributed by atoms with van der Waals surface area (Å²) in [6.45, 7) is 0. The quantitative estimate of drug-likeness (QED) is 0.442. The number of aromatic hydroxyl groups is 1. The van der Waals surface area contributed by atoms with Crippen LogP contribution in [0, 0.1) is 0 Å². The third-order valence-electron chi connectivity index (χ3n) is 4.04. The van der Waals surface area contributed by atoms with Crippen molar-refractivity contribution in [1.29, 1.82) is 0 Å². The number of esters is 2. The first-order valence-corrected chi connectivity index (χ1v) is 8.99. The van der Waals surface area contributed by atoms with Gasteiger partial charge in [-0.2, -0.15) is 0 Å². The fraction of sp³-hybridized carbons (Fsp3) is 0.571. The van der Waals surface area contributed by atoms with E-state index in [0.29, 0.717) is 9.13 Å². The highest BCUT2D eigenvalue weighted by Crippen LogP contribution is 2.57. The molecule has 1 aromatic rings. The third-order valence-corrected chi connectivity index (χ3v) is 6.25. The highest BCUT2D eigenvalue weighted by Gasteiger charge is 2.53. The van der Waals surface area contributed by atoms with Crippen molar-refractivity contribution < 1.29 is 37.8 Å². The smallest absolute Gasteiger partial charge is 0.345 e. The molecule has 1 rings (SSSR count). The van der Waals surface area contributed by atoms with Crippen molar-refractivity contribution in [2.24, 2.45) is 14.1 Å². The van der Waals surface area contributed by atoms with Crippen molar-refractivity contribution >= 4 is 19.5 Å². The lowest BCUT2D eigenvalue weighted by Gasteiger charge is -2.28. The second-order valence-electron chi connectivity index (χ2n) is 5.32. The summed E-state index contributed by atoms with van der Waals surface area (Å²) in [4.78, 5) is 49.4. The zero-order valence-corrected chi connectivity index (χ0v) is 16.5. The minimum absolute atomic E-state index is 0.601. The molecule has 2 atom stereocenters. The van der Waals surface area contributed by atoms with Crippen LogP contribution in [-0.4, -0.2) is 60.3 Å². The van der Waals surface area contributed by atoms with Crippen LogP contribution in [0.4, 0.5) is 0 Å². The average molecular weight is 408 g/mol. The molecule has 0 saturated carbocycles. The van der Waals surface area contributed by atoms with E-state index < -0.39 is 53.8 Å². The van der Waals surface area contributed by atoms with Crippen molar-refractivity contribution in [2.75, 3.05) is 28.4 Å². The van der Waals surface area contributed by atoms with Gasteiger partial charge in [-0.3, -0.25) is 28.1 Å². The molecule has 0 saturated heterocycles. The number of ether oxygens (including phenoxy) is 2. The van der Waals surface area contributed by atoms with Crippen molar-refractivity contribution in [1.82, 2.24) is 9.13 Å². The Morgan fingerprint density at radius 2 is 1.44 bits per heavy atom. The number of carbonyl (C=O) groups excluding carboxylic acids is 2. The molecule has 12 nitrogen and oxygen atoms in total. The molecule has 0 amide bonds. The lowest BCUT2D eigenvalue weighted by Crippen LogP contribution is -2.44. The van der Waals surface area contributed by atoms with E-state index in [2.05, 4.69) is 9.47 Å². The topological polar surface area (TPSA) is 152 Å². The van der Waals surface area contributed by atoms with Crippen molar-refractivity contribution in [2.45, 2.75) is 11.6 Å². The summed E-state index contributed by atoms with van der Waals surface area (Å²) < 4.78 is 33.0. The molecule has 1 aromatic heterocycles. The lowest BCUT2D eigenvalue weighted by molar-refractivity contribution is -0.149. The van der Waals surface area contributed by atoms with Crippen LogP contribution in [-0.2, 0) is 46.8 Å². The molecule has 0 bridgehead atoms. The van der Waals surface area contributed by atoms with Gasteiger partial charge in [0.15, 0.2) is 5.66 Å². The maximum atomic E-state index is 12.9. The van der Waals surface area contributed by atoms with Gasteiger partial charge in [0.05, 0.1) is 19.8 Å². The standard InChI is InChI=1S/C14H21N2O10P/c1-15-10(17)8(11(18)16(2)14(15)21)7(12(19)23-3)9(13(20)24-4)27(22,25-5)26-6/h7,9,17H,1-6H3. The zero-order chi connectivity index (χ0) is 21.1. The van der Waals surface area contributed by atoms with E-state index in [1.807, 2.05) is 0 Å². The molecular weight excluding hydrogens is 387 g/mol. The van der Waals surface area contributed by atoms with E-state index in [0.717, 1.165) is 42.5 Å². The van der Waals surface area contributed by atoms with Crippen LogP contribution in [0.2, 0.25) is 0 Å². The molecule has 152 valence electrons. The van der Waals surface area contributed by atoms with E-state index in [-0.39, 0.29) is 0 Å². The fourth-order valence-corrected chi connectivity index (χ4v) is 4.14. The van der Waals surface area contributed by atoms with Gasteiger partial charge in [-0.25, -0.2) is 4.79 Å². The van der Waals surface area contributed by atoms with E-state index >= 15 is 0 Å². The highest BCUT2D eigenvalue weighted by atomic mass is 31.2. The van der Waals surface area contributed by atoms with Gasteiger partial charge in [0, 0.05) is 28.3 Å². The molecule has 2 unspecified atom stereocenters. The highest BCUT2D eigenvalue weighted by molar-refractivity contribution is 7.55. The third kappa shape index (κ3) is 3.82. The van der Waals surface area contributed by atoms with Gasteiger partial charge in [-0.05, 0) is 0 Å². The summed E-state index contributed by atoms with van der Waals surface area (Å²) >= 11 is 0. The molecule has 1 N–H and O–H groups in total. The van der Waals surface area contributed by atoms with Gasteiger partial charge in [-0.1, -0.05) is 0 Å². The molecular formula is C14H21N2O10P. The largest absolute Gasteiger partial charge is 0.494 e. The molecule has 0 aromatic carbocycles. The number of hydrogen-bond acceptors (Lipinski definition) is 10. The summed E-state index contributed by atoms with van der Waals surface area (Å²) in [5, 5.41) is 10.3. The number of carbonyl (C=O) groups is 2. The summed E-state index contributed by atoms with van der Waals surface area (Å²) in [7, 11) is 1.72. The normalized spacial score (nSPS) is 13.7. The zero-order valence-electron chi connectivity index (χ0n) is 15.6. The summed E-state index contributed by atoms with van der Waals surface area (Å²) in [5.41, 5.74) is -4.67. The first kappa shape index (κ1) is 22.6. The van der Waals surface area contributed by atoms with Gasteiger partial charge < -0.3 is 23.6 Å². The van der Waals surface area contributed by atoms with Crippen molar-refractivity contribution in [3.63, 3.8) is 0 Å². The molecule has 0 aliphatic rings. The van der Waals surface area contributed by atoms with Crippen LogP contribution in [0.15, 0.2) is 9.59 Å². The first-order valence-electron chi connectivity index (χ1n) is 7.38. The molecule has 0 radical (unpaired) electrons. The second kappa shape index (κ2) is 8.51. The molecule has 1 heterocycles. The summed E-state index contributed by atoms with van der Waals surface area (Å²) in [6, 6.07) is 0. The van der Waals surface area contributed by atoms with Gasteiger partial charge in [0.2, 0.25) is 5.88 Å². The Kier molecular flexibility index (Phi) is 7.12. The Balaban J connectivity index is 4.01. The van der Waals surface area contributed by atoms with E-state index in [1.165, 1.54) is 0 Å². The van der Waals surface area contributed by atoms with E-state index in [9.17, 15) is 28.8 Å². The maximum absolute atomic E-state index is 12.9. The minimum atomic E-state index is -4.36. The molecule has 0 spiro atoms. The number of aromatic nitrogens is 2. The monoisotopic (exact) mass is 408 g/mol. The molecule has 13 heteroatoms. The Morgan fingerprint density at radius 1 is 0.963 bits per heavy atom. The van der Waals surface area contributed by atoms with Crippen LogP contribution < -0.4 is 11.2 Å². The van der Waals surface area contributed by atoms with Crippen molar-refractivity contribution in [3.05, 3.63) is 26.4 Å². The molecule has 27 heavy (non-hydrogen) atoms. The maximum Gasteiger partial charge on any atom is 0.345 e. The Hall–Kier alpha value is -2.43. The Labute approximate surface area is 153 Å². The van der Waals surface area contributed by atoms with Gasteiger partial charge in [-0.15, -0.1) is 0 Å². The first-order chi connectivity index (χ1) is 12.5. The molecule has 0 fully saturated rings. The van der Waals surface area contributed by atoms with Gasteiger partial charge in [0.1, 0.15) is 5.92 Å².